The number of nitrogens with two attached hydrogens (primary N) is 1. The third kappa shape index (κ3) is 3.47. The molecule has 0 saturated carbocycles. The van der Waals surface area contributed by atoms with Gasteiger partial charge in [0.1, 0.15) is 11.5 Å². The Balaban J connectivity index is 2.23. The summed E-state index contributed by atoms with van der Waals surface area (Å²) in [5.41, 5.74) is 7.55. The van der Waals surface area contributed by atoms with Crippen LogP contribution in [0.5, 0.6) is 11.5 Å². The van der Waals surface area contributed by atoms with Gasteiger partial charge < -0.3 is 15.6 Å². The minimum absolute atomic E-state index is 0.0193. The molecule has 0 spiro atoms. The van der Waals surface area contributed by atoms with Crippen LogP contribution in [0, 0.1) is 0 Å². The molecule has 4 heteroatoms. The van der Waals surface area contributed by atoms with E-state index in [4.69, 9.17) is 27.2 Å². The van der Waals surface area contributed by atoms with E-state index in [1.807, 2.05) is 31.2 Å². The average molecular weight is 278 g/mol. The molecule has 2 aromatic carbocycles. The number of aliphatic hydroxyl groups is 1. The minimum Gasteiger partial charge on any atom is -0.456 e. The molecule has 0 bridgehead atoms. The van der Waals surface area contributed by atoms with Gasteiger partial charge in [0.05, 0.1) is 11.6 Å². The van der Waals surface area contributed by atoms with Crippen LogP contribution in [-0.4, -0.2) is 5.11 Å². The zero-order chi connectivity index (χ0) is 13.8. The Labute approximate surface area is 117 Å². The van der Waals surface area contributed by atoms with Crippen LogP contribution in [0.3, 0.4) is 0 Å². The number of aliphatic hydroxyl groups excluding tert-OH is 1. The van der Waals surface area contributed by atoms with Crippen molar-refractivity contribution in [2.24, 2.45) is 5.73 Å². The van der Waals surface area contributed by atoms with E-state index in [1.54, 1.807) is 18.2 Å². The molecule has 0 unspecified atom stereocenters. The lowest BCUT2D eigenvalue weighted by atomic mass is 10.1. The fraction of sp³-hybridized carbons (Fsp3) is 0.200. The molecule has 3 nitrogen and oxygen atoms in total. The normalized spacial score (nSPS) is 12.2. The molecule has 0 aliphatic heterocycles. The molecule has 0 fully saturated rings. The fourth-order valence-electron chi connectivity index (χ4n) is 1.72. The van der Waals surface area contributed by atoms with E-state index >= 15 is 0 Å². The first kappa shape index (κ1) is 13.9. The fourth-order valence-corrected chi connectivity index (χ4v) is 1.94. The number of rotatable bonds is 4. The first-order chi connectivity index (χ1) is 9.10. The van der Waals surface area contributed by atoms with Crippen LogP contribution in [0.1, 0.15) is 24.1 Å². The molecule has 0 saturated heterocycles. The largest absolute Gasteiger partial charge is 0.456 e. The van der Waals surface area contributed by atoms with Gasteiger partial charge in [-0.3, -0.25) is 0 Å². The maximum absolute atomic E-state index is 9.08. The predicted molar refractivity (Wildman–Crippen MR) is 76.5 cm³/mol. The quantitative estimate of drug-likeness (QED) is 0.897. The van der Waals surface area contributed by atoms with Gasteiger partial charge in [0, 0.05) is 6.04 Å². The van der Waals surface area contributed by atoms with Gasteiger partial charge in [0.15, 0.2) is 0 Å². The van der Waals surface area contributed by atoms with E-state index in [2.05, 4.69) is 0 Å². The predicted octanol–water partition coefficient (Wildman–Crippen LogP) is 3.64. The van der Waals surface area contributed by atoms with E-state index in [1.165, 1.54) is 0 Å². The maximum Gasteiger partial charge on any atom is 0.146 e. The molecule has 0 aromatic heterocycles. The van der Waals surface area contributed by atoms with Gasteiger partial charge in [-0.25, -0.2) is 0 Å². The first-order valence-corrected chi connectivity index (χ1v) is 6.40. The van der Waals surface area contributed by atoms with Crippen LogP contribution in [0.2, 0.25) is 5.02 Å². The van der Waals surface area contributed by atoms with Crippen molar-refractivity contribution in [3.05, 3.63) is 58.6 Å². The molecule has 2 rings (SSSR count). The highest BCUT2D eigenvalue weighted by Gasteiger charge is 2.07. The summed E-state index contributed by atoms with van der Waals surface area (Å²) in [6.07, 6.45) is 0. The molecular formula is C15H16ClNO2. The maximum atomic E-state index is 9.08. The second-order valence-corrected chi connectivity index (χ2v) is 4.79. The zero-order valence-electron chi connectivity index (χ0n) is 10.6. The average Bonchev–Trinajstić information content (AvgIpc) is 2.41. The van der Waals surface area contributed by atoms with Crippen molar-refractivity contribution in [2.45, 2.75) is 19.6 Å². The van der Waals surface area contributed by atoms with Crippen LogP contribution >= 0.6 is 11.6 Å². The van der Waals surface area contributed by atoms with E-state index in [0.29, 0.717) is 16.5 Å². The van der Waals surface area contributed by atoms with Crippen molar-refractivity contribution in [3.8, 4) is 11.5 Å². The zero-order valence-corrected chi connectivity index (χ0v) is 11.4. The van der Waals surface area contributed by atoms with Crippen LogP contribution < -0.4 is 10.5 Å². The standard InChI is InChI=1S/C15H16ClNO2/c1-10(17)12-5-6-15(14(16)8-12)19-13-4-2-3-11(7-13)9-18/h2-8,10,18H,9,17H2,1H3/t10-/m0/s1. The van der Waals surface area contributed by atoms with Crippen LogP contribution in [0.15, 0.2) is 42.5 Å². The van der Waals surface area contributed by atoms with Gasteiger partial charge in [-0.05, 0) is 42.3 Å². The van der Waals surface area contributed by atoms with Crippen molar-refractivity contribution < 1.29 is 9.84 Å². The van der Waals surface area contributed by atoms with Crippen molar-refractivity contribution in [2.75, 3.05) is 0 Å². The number of hydrogen-bond donors (Lipinski definition) is 2. The van der Waals surface area contributed by atoms with Crippen molar-refractivity contribution >= 4 is 11.6 Å². The summed E-state index contributed by atoms with van der Waals surface area (Å²) < 4.78 is 5.70. The van der Waals surface area contributed by atoms with Crippen LogP contribution in [-0.2, 0) is 6.61 Å². The van der Waals surface area contributed by atoms with Crippen molar-refractivity contribution in [1.82, 2.24) is 0 Å². The number of ether oxygens (including phenoxy) is 1. The Hall–Kier alpha value is -1.55. The van der Waals surface area contributed by atoms with Crippen LogP contribution in [0.4, 0.5) is 0 Å². The van der Waals surface area contributed by atoms with E-state index in [0.717, 1.165) is 11.1 Å². The van der Waals surface area contributed by atoms with Gasteiger partial charge >= 0.3 is 0 Å². The Bertz CT molecular complexity index is 570. The molecule has 0 aliphatic rings. The molecule has 1 atom stereocenters. The monoisotopic (exact) mass is 277 g/mol. The second-order valence-electron chi connectivity index (χ2n) is 4.39. The molecule has 0 radical (unpaired) electrons. The summed E-state index contributed by atoms with van der Waals surface area (Å²) in [7, 11) is 0. The van der Waals surface area contributed by atoms with E-state index in [-0.39, 0.29) is 12.6 Å². The molecule has 0 amide bonds. The molecule has 100 valence electrons. The Morgan fingerprint density at radius 3 is 2.68 bits per heavy atom. The summed E-state index contributed by atoms with van der Waals surface area (Å²) in [4.78, 5) is 0. The molecule has 0 heterocycles. The number of hydrogen-bond acceptors (Lipinski definition) is 3. The third-order valence-corrected chi connectivity index (χ3v) is 3.09. The summed E-state index contributed by atoms with van der Waals surface area (Å²) in [6, 6.07) is 12.7. The molecular weight excluding hydrogens is 262 g/mol. The number of benzene rings is 2. The molecule has 0 aliphatic carbocycles. The SMILES string of the molecule is C[C@H](N)c1ccc(Oc2cccc(CO)c2)c(Cl)c1. The number of halogens is 1. The minimum atomic E-state index is -0.0655. The summed E-state index contributed by atoms with van der Waals surface area (Å²) in [5, 5.41) is 9.60. The van der Waals surface area contributed by atoms with Gasteiger partial charge in [-0.2, -0.15) is 0 Å². The van der Waals surface area contributed by atoms with Gasteiger partial charge in [0.25, 0.3) is 0 Å². The summed E-state index contributed by atoms with van der Waals surface area (Å²) >= 11 is 6.17. The Morgan fingerprint density at radius 2 is 2.05 bits per heavy atom. The Kier molecular flexibility index (Phi) is 4.43. The molecule has 2 aromatic rings. The first-order valence-electron chi connectivity index (χ1n) is 6.03. The molecule has 19 heavy (non-hydrogen) atoms. The van der Waals surface area contributed by atoms with Crippen molar-refractivity contribution in [3.63, 3.8) is 0 Å². The topological polar surface area (TPSA) is 55.5 Å². The van der Waals surface area contributed by atoms with Gasteiger partial charge in [-0.15, -0.1) is 0 Å². The summed E-state index contributed by atoms with van der Waals surface area (Å²) in [5.74, 6) is 1.21. The Morgan fingerprint density at radius 1 is 1.26 bits per heavy atom. The van der Waals surface area contributed by atoms with E-state index < -0.39 is 0 Å². The van der Waals surface area contributed by atoms with Crippen LogP contribution in [0.25, 0.3) is 0 Å². The lowest BCUT2D eigenvalue weighted by Crippen LogP contribution is -2.04. The van der Waals surface area contributed by atoms with Gasteiger partial charge in [0.2, 0.25) is 0 Å². The van der Waals surface area contributed by atoms with Gasteiger partial charge in [-0.1, -0.05) is 29.8 Å². The summed E-state index contributed by atoms with van der Waals surface area (Å²) in [6.45, 7) is 1.88. The lowest BCUT2D eigenvalue weighted by Gasteiger charge is -2.11. The highest BCUT2D eigenvalue weighted by Crippen LogP contribution is 2.31. The highest BCUT2D eigenvalue weighted by atomic mass is 35.5. The van der Waals surface area contributed by atoms with E-state index in [9.17, 15) is 0 Å². The third-order valence-electron chi connectivity index (χ3n) is 2.79. The lowest BCUT2D eigenvalue weighted by molar-refractivity contribution is 0.281. The molecule has 3 N–H and O–H groups in total. The highest BCUT2D eigenvalue weighted by molar-refractivity contribution is 6.32. The van der Waals surface area contributed by atoms with Crippen molar-refractivity contribution in [1.29, 1.82) is 0 Å². The second kappa shape index (κ2) is 6.06. The smallest absolute Gasteiger partial charge is 0.146 e.